The van der Waals surface area contributed by atoms with Crippen molar-refractivity contribution in [3.05, 3.63) is 47.4 Å². The highest BCUT2D eigenvalue weighted by Crippen LogP contribution is 2.44. The van der Waals surface area contributed by atoms with Crippen molar-refractivity contribution in [3.8, 4) is 0 Å². The molecule has 1 amide bonds. The second-order valence-corrected chi connectivity index (χ2v) is 8.50. The number of anilines is 2. The molecule has 0 radical (unpaired) electrons. The minimum Gasteiger partial charge on any atom is -0.362 e. The average molecular weight is 394 g/mol. The summed E-state index contributed by atoms with van der Waals surface area (Å²) in [7, 11) is 0. The predicted octanol–water partition coefficient (Wildman–Crippen LogP) is 3.80. The Hall–Kier alpha value is -2.47. The minimum atomic E-state index is 0.0780. The van der Waals surface area contributed by atoms with E-state index < -0.39 is 0 Å². The maximum Gasteiger partial charge on any atom is 0.224 e. The summed E-state index contributed by atoms with van der Waals surface area (Å²) in [5, 5.41) is 7.06. The Kier molecular flexibility index (Phi) is 5.54. The van der Waals surface area contributed by atoms with Gasteiger partial charge in [0.1, 0.15) is 5.82 Å². The first-order chi connectivity index (χ1) is 14.0. The van der Waals surface area contributed by atoms with Crippen LogP contribution in [0.3, 0.4) is 0 Å². The van der Waals surface area contributed by atoms with Crippen molar-refractivity contribution in [3.63, 3.8) is 0 Å². The number of carbonyl (C=O) groups is 1. The number of nitrogens with zero attached hydrogens (tertiary/aromatic N) is 3. The molecule has 1 aromatic heterocycles. The van der Waals surface area contributed by atoms with E-state index in [2.05, 4.69) is 52.6 Å². The third kappa shape index (κ3) is 3.86. The van der Waals surface area contributed by atoms with Gasteiger partial charge in [-0.2, -0.15) is 0 Å². The molecule has 2 N–H and O–H groups in total. The van der Waals surface area contributed by atoms with Crippen LogP contribution < -0.4 is 15.5 Å². The zero-order chi connectivity index (χ0) is 20.5. The first-order valence-electron chi connectivity index (χ1n) is 10.6. The number of amides is 1. The van der Waals surface area contributed by atoms with Gasteiger partial charge < -0.3 is 15.5 Å². The molecule has 6 nitrogen and oxygen atoms in total. The Morgan fingerprint density at radius 1 is 1.17 bits per heavy atom. The highest BCUT2D eigenvalue weighted by molar-refractivity contribution is 5.94. The molecule has 3 unspecified atom stereocenters. The number of aromatic nitrogens is 2. The van der Waals surface area contributed by atoms with E-state index in [9.17, 15) is 4.79 Å². The van der Waals surface area contributed by atoms with Crippen molar-refractivity contribution in [2.75, 3.05) is 23.3 Å². The Morgan fingerprint density at radius 2 is 1.93 bits per heavy atom. The number of aryl methyl sites for hydroxylation is 1. The normalized spacial score (nSPS) is 24.8. The first kappa shape index (κ1) is 19.8. The molecule has 2 aliphatic heterocycles. The van der Waals surface area contributed by atoms with Gasteiger partial charge in [-0.1, -0.05) is 19.1 Å². The summed E-state index contributed by atoms with van der Waals surface area (Å²) in [6.07, 6.45) is 5.89. The largest absolute Gasteiger partial charge is 0.362 e. The van der Waals surface area contributed by atoms with Crippen LogP contribution in [0.1, 0.15) is 62.4 Å². The molecule has 0 bridgehead atoms. The van der Waals surface area contributed by atoms with Crippen LogP contribution in [-0.4, -0.2) is 35.0 Å². The topological polar surface area (TPSA) is 70.2 Å². The van der Waals surface area contributed by atoms with Gasteiger partial charge in [-0.3, -0.25) is 9.78 Å². The van der Waals surface area contributed by atoms with Gasteiger partial charge in [0.15, 0.2) is 0 Å². The van der Waals surface area contributed by atoms with Crippen LogP contribution in [0.5, 0.6) is 0 Å². The lowest BCUT2D eigenvalue weighted by molar-refractivity contribution is -0.117. The molecule has 3 heterocycles. The summed E-state index contributed by atoms with van der Waals surface area (Å²) >= 11 is 0. The molecule has 154 valence electrons. The van der Waals surface area contributed by atoms with Gasteiger partial charge in [-0.15, -0.1) is 0 Å². The molecule has 6 heteroatoms. The van der Waals surface area contributed by atoms with Gasteiger partial charge in [-0.05, 0) is 62.9 Å². The zero-order valence-corrected chi connectivity index (χ0v) is 17.8. The van der Waals surface area contributed by atoms with Crippen LogP contribution in [0, 0.1) is 12.8 Å². The van der Waals surface area contributed by atoms with Gasteiger partial charge in [0.05, 0.1) is 24.1 Å². The van der Waals surface area contributed by atoms with E-state index in [1.165, 1.54) is 11.1 Å². The molecule has 1 saturated heterocycles. The molecule has 29 heavy (non-hydrogen) atoms. The lowest BCUT2D eigenvalue weighted by Gasteiger charge is -2.44. The van der Waals surface area contributed by atoms with E-state index >= 15 is 0 Å². The Labute approximate surface area is 173 Å². The fourth-order valence-electron chi connectivity index (χ4n) is 4.76. The van der Waals surface area contributed by atoms with Crippen molar-refractivity contribution >= 4 is 17.4 Å². The van der Waals surface area contributed by atoms with Crippen molar-refractivity contribution in [2.24, 2.45) is 5.92 Å². The van der Waals surface area contributed by atoms with Crippen LogP contribution in [-0.2, 0) is 4.79 Å². The van der Waals surface area contributed by atoms with Crippen molar-refractivity contribution < 1.29 is 4.79 Å². The van der Waals surface area contributed by atoms with E-state index in [1.54, 1.807) is 19.3 Å². The van der Waals surface area contributed by atoms with Crippen LogP contribution in [0.15, 0.2) is 30.6 Å². The standard InChI is InChI=1S/C23H31N5O/c1-14-12-26-22(13-25-14)27-23-15(2)16(3)28(17(4)29)21-6-5-19(11-20(21)23)18-7-9-24-10-8-18/h5-6,11-13,15-16,18,23-24H,7-10H2,1-4H3,(H,26,27). The third-order valence-corrected chi connectivity index (χ3v) is 6.57. The maximum atomic E-state index is 12.5. The number of benzene rings is 1. The molecule has 3 atom stereocenters. The number of nitrogens with one attached hydrogen (secondary N) is 2. The molecule has 2 aromatic rings. The SMILES string of the molecule is CC(=O)N1c2ccc(C3CCNCC3)cc2C(Nc2cnc(C)cn2)C(C)C1C. The molecular weight excluding hydrogens is 362 g/mol. The monoisotopic (exact) mass is 393 g/mol. The first-order valence-corrected chi connectivity index (χ1v) is 10.6. The van der Waals surface area contributed by atoms with E-state index in [4.69, 9.17) is 0 Å². The molecular formula is C23H31N5O. The molecule has 0 saturated carbocycles. The van der Waals surface area contributed by atoms with Crippen LogP contribution in [0.4, 0.5) is 11.5 Å². The van der Waals surface area contributed by atoms with Crippen LogP contribution in [0.25, 0.3) is 0 Å². The quantitative estimate of drug-likeness (QED) is 0.830. The Balaban J connectivity index is 1.75. The summed E-state index contributed by atoms with van der Waals surface area (Å²) in [4.78, 5) is 23.3. The highest BCUT2D eigenvalue weighted by atomic mass is 16.2. The summed E-state index contributed by atoms with van der Waals surface area (Å²) in [6, 6.07) is 6.86. The van der Waals surface area contributed by atoms with Gasteiger partial charge in [-0.25, -0.2) is 4.98 Å². The number of piperidine rings is 1. The molecule has 4 rings (SSSR count). The maximum absolute atomic E-state index is 12.5. The number of carbonyl (C=O) groups excluding carboxylic acids is 1. The van der Waals surface area contributed by atoms with Gasteiger partial charge >= 0.3 is 0 Å². The van der Waals surface area contributed by atoms with E-state index in [-0.39, 0.29) is 23.9 Å². The lowest BCUT2D eigenvalue weighted by atomic mass is 9.80. The van der Waals surface area contributed by atoms with Crippen molar-refractivity contribution in [1.82, 2.24) is 15.3 Å². The summed E-state index contributed by atoms with van der Waals surface area (Å²) in [5.74, 6) is 1.67. The Bertz CT molecular complexity index is 875. The fraction of sp³-hybridized carbons (Fsp3) is 0.522. The minimum absolute atomic E-state index is 0.0780. The molecule has 0 aliphatic carbocycles. The lowest BCUT2D eigenvalue weighted by Crippen LogP contribution is -2.48. The van der Waals surface area contributed by atoms with Gasteiger partial charge in [0, 0.05) is 24.6 Å². The predicted molar refractivity (Wildman–Crippen MR) is 116 cm³/mol. The number of fused-ring (bicyclic) bond motifs is 1. The molecule has 1 fully saturated rings. The van der Waals surface area contributed by atoms with Gasteiger partial charge in [0.25, 0.3) is 0 Å². The van der Waals surface area contributed by atoms with Crippen LogP contribution in [0.2, 0.25) is 0 Å². The molecule has 0 spiro atoms. The third-order valence-electron chi connectivity index (χ3n) is 6.57. The van der Waals surface area contributed by atoms with E-state index in [0.29, 0.717) is 5.92 Å². The van der Waals surface area contributed by atoms with E-state index in [1.807, 2.05) is 11.8 Å². The van der Waals surface area contributed by atoms with Crippen molar-refractivity contribution in [2.45, 2.75) is 58.5 Å². The van der Waals surface area contributed by atoms with E-state index in [0.717, 1.165) is 43.1 Å². The summed E-state index contributed by atoms with van der Waals surface area (Å²) < 4.78 is 0. The smallest absolute Gasteiger partial charge is 0.224 e. The number of rotatable bonds is 3. The second-order valence-electron chi connectivity index (χ2n) is 8.50. The Morgan fingerprint density at radius 3 is 2.59 bits per heavy atom. The molecule has 2 aliphatic rings. The number of hydrogen-bond donors (Lipinski definition) is 2. The van der Waals surface area contributed by atoms with Crippen molar-refractivity contribution in [1.29, 1.82) is 0 Å². The fourth-order valence-corrected chi connectivity index (χ4v) is 4.76. The summed E-state index contributed by atoms with van der Waals surface area (Å²) in [6.45, 7) is 10.1. The average Bonchev–Trinajstić information content (AvgIpc) is 2.73. The summed E-state index contributed by atoms with van der Waals surface area (Å²) in [5.41, 5.74) is 4.47. The zero-order valence-electron chi connectivity index (χ0n) is 17.8. The van der Waals surface area contributed by atoms with Crippen LogP contribution >= 0.6 is 0 Å². The highest BCUT2D eigenvalue weighted by Gasteiger charge is 2.38. The number of hydrogen-bond acceptors (Lipinski definition) is 5. The second kappa shape index (κ2) is 8.11. The molecule has 1 aromatic carbocycles. The van der Waals surface area contributed by atoms with Gasteiger partial charge in [0.2, 0.25) is 5.91 Å².